The number of ketones is 1. The van der Waals surface area contributed by atoms with Crippen LogP contribution >= 0.6 is 0 Å². The Balaban J connectivity index is 2.80. The van der Waals surface area contributed by atoms with Crippen LogP contribution in [0, 0.1) is 5.41 Å². The third-order valence-electron chi connectivity index (χ3n) is 3.43. The average Bonchev–Trinajstić information content (AvgIpc) is 2.49. The third-order valence-corrected chi connectivity index (χ3v) is 3.43. The Kier molecular flexibility index (Phi) is 3.24. The van der Waals surface area contributed by atoms with Crippen molar-refractivity contribution in [2.75, 3.05) is 0 Å². The number of aromatic nitrogens is 2. The number of nitrogens with two attached hydrogens (primary N) is 1. The summed E-state index contributed by atoms with van der Waals surface area (Å²) in [7, 11) is 1.84. The highest BCUT2D eigenvalue weighted by atomic mass is 16.1. The van der Waals surface area contributed by atoms with E-state index in [1.165, 1.54) is 0 Å². The molecular weight excluding hydrogens is 202 g/mol. The van der Waals surface area contributed by atoms with E-state index in [0.29, 0.717) is 6.42 Å². The van der Waals surface area contributed by atoms with Crippen LogP contribution in [-0.4, -0.2) is 21.1 Å². The highest BCUT2D eigenvalue weighted by Crippen LogP contribution is 2.30. The van der Waals surface area contributed by atoms with Crippen molar-refractivity contribution in [1.82, 2.24) is 9.78 Å². The second kappa shape index (κ2) is 4.01. The van der Waals surface area contributed by atoms with Crippen LogP contribution in [-0.2, 0) is 18.3 Å². The van der Waals surface area contributed by atoms with Crippen LogP contribution in [0.4, 0.5) is 0 Å². The van der Waals surface area contributed by atoms with E-state index in [-0.39, 0.29) is 5.78 Å². The van der Waals surface area contributed by atoms with E-state index in [1.54, 1.807) is 10.9 Å². The molecule has 0 atom stereocenters. The number of hydrogen-bond donors (Lipinski definition) is 1. The lowest BCUT2D eigenvalue weighted by atomic mass is 9.71. The molecule has 0 radical (unpaired) electrons. The highest BCUT2D eigenvalue weighted by Gasteiger charge is 2.39. The van der Waals surface area contributed by atoms with Crippen LogP contribution in [0.3, 0.4) is 0 Å². The number of Topliss-reactive ketones (excluding diaryl/α,β-unsaturated/α-hetero) is 1. The lowest BCUT2D eigenvalue weighted by Gasteiger charge is -2.37. The Morgan fingerprint density at radius 1 is 1.44 bits per heavy atom. The van der Waals surface area contributed by atoms with Crippen molar-refractivity contribution in [1.29, 1.82) is 0 Å². The van der Waals surface area contributed by atoms with Crippen molar-refractivity contribution >= 4 is 5.78 Å². The molecule has 1 aromatic rings. The van der Waals surface area contributed by atoms with Gasteiger partial charge in [0.25, 0.3) is 0 Å². The highest BCUT2D eigenvalue weighted by molar-refractivity contribution is 5.87. The fourth-order valence-electron chi connectivity index (χ4n) is 1.33. The number of rotatable bonds is 4. The number of carbonyl (C=O) groups is 1. The van der Waals surface area contributed by atoms with Gasteiger partial charge in [0, 0.05) is 30.6 Å². The number of nitrogens with zero attached hydrogens (tertiary/aromatic N) is 2. The van der Waals surface area contributed by atoms with E-state index < -0.39 is 11.0 Å². The first-order chi connectivity index (χ1) is 7.14. The fraction of sp³-hybridized carbons (Fsp3) is 0.667. The SMILES string of the molecule is Cn1cc(CC(=O)C(C)(C)C(C)(C)N)cn1. The molecule has 90 valence electrons. The monoisotopic (exact) mass is 223 g/mol. The summed E-state index contributed by atoms with van der Waals surface area (Å²) in [5.41, 5.74) is 5.91. The summed E-state index contributed by atoms with van der Waals surface area (Å²) in [4.78, 5) is 12.2. The van der Waals surface area contributed by atoms with Crippen LogP contribution in [0.2, 0.25) is 0 Å². The summed E-state index contributed by atoms with van der Waals surface area (Å²) >= 11 is 0. The van der Waals surface area contributed by atoms with E-state index in [4.69, 9.17) is 5.73 Å². The topological polar surface area (TPSA) is 60.9 Å². The first-order valence-corrected chi connectivity index (χ1v) is 5.44. The van der Waals surface area contributed by atoms with Crippen molar-refractivity contribution in [3.05, 3.63) is 18.0 Å². The van der Waals surface area contributed by atoms with Crippen LogP contribution in [0.15, 0.2) is 12.4 Å². The minimum atomic E-state index is -0.539. The number of aryl methyl sites for hydroxylation is 1. The van der Waals surface area contributed by atoms with Gasteiger partial charge >= 0.3 is 0 Å². The maximum absolute atomic E-state index is 12.2. The Hall–Kier alpha value is -1.16. The second-order valence-corrected chi connectivity index (χ2v) is 5.47. The summed E-state index contributed by atoms with van der Waals surface area (Å²) in [6.45, 7) is 7.56. The summed E-state index contributed by atoms with van der Waals surface area (Å²) in [6.07, 6.45) is 3.97. The molecule has 4 nitrogen and oxygen atoms in total. The quantitative estimate of drug-likeness (QED) is 0.836. The zero-order chi connectivity index (χ0) is 12.6. The Morgan fingerprint density at radius 3 is 2.38 bits per heavy atom. The zero-order valence-electron chi connectivity index (χ0n) is 10.7. The molecule has 0 aliphatic carbocycles. The molecule has 16 heavy (non-hydrogen) atoms. The molecule has 0 aliphatic rings. The van der Waals surface area contributed by atoms with Crippen molar-refractivity contribution in [2.24, 2.45) is 18.2 Å². The summed E-state index contributed by atoms with van der Waals surface area (Å²) in [5.74, 6) is 0.146. The summed E-state index contributed by atoms with van der Waals surface area (Å²) in [5, 5.41) is 4.05. The summed E-state index contributed by atoms with van der Waals surface area (Å²) < 4.78 is 1.70. The van der Waals surface area contributed by atoms with Gasteiger partial charge in [-0.05, 0) is 19.4 Å². The van der Waals surface area contributed by atoms with E-state index in [9.17, 15) is 4.79 Å². The van der Waals surface area contributed by atoms with Crippen molar-refractivity contribution in [2.45, 2.75) is 39.7 Å². The number of carbonyl (C=O) groups excluding carboxylic acids is 1. The molecular formula is C12H21N3O. The lowest BCUT2D eigenvalue weighted by Crippen LogP contribution is -2.52. The van der Waals surface area contributed by atoms with E-state index >= 15 is 0 Å². The van der Waals surface area contributed by atoms with Gasteiger partial charge in [-0.3, -0.25) is 9.48 Å². The van der Waals surface area contributed by atoms with Gasteiger partial charge in [0.05, 0.1) is 6.20 Å². The van der Waals surface area contributed by atoms with Gasteiger partial charge in [-0.2, -0.15) is 5.10 Å². The van der Waals surface area contributed by atoms with E-state index in [1.807, 2.05) is 40.9 Å². The molecule has 0 unspecified atom stereocenters. The van der Waals surface area contributed by atoms with Gasteiger partial charge in [0.2, 0.25) is 0 Å². The fourth-order valence-corrected chi connectivity index (χ4v) is 1.33. The van der Waals surface area contributed by atoms with Crippen LogP contribution < -0.4 is 5.73 Å². The third kappa shape index (κ3) is 2.50. The van der Waals surface area contributed by atoms with Gasteiger partial charge in [-0.1, -0.05) is 13.8 Å². The van der Waals surface area contributed by atoms with Gasteiger partial charge in [-0.25, -0.2) is 0 Å². The first-order valence-electron chi connectivity index (χ1n) is 5.44. The Morgan fingerprint density at radius 2 is 2.00 bits per heavy atom. The Bertz CT molecular complexity index is 385. The standard InChI is InChI=1S/C12H21N3O/c1-11(2,12(3,4)13)10(16)6-9-7-14-15(5)8-9/h7-8H,6,13H2,1-5H3. The average molecular weight is 223 g/mol. The molecule has 2 N–H and O–H groups in total. The molecule has 0 aromatic carbocycles. The lowest BCUT2D eigenvalue weighted by molar-refractivity contribution is -0.129. The van der Waals surface area contributed by atoms with Gasteiger partial charge in [0.1, 0.15) is 5.78 Å². The van der Waals surface area contributed by atoms with Gasteiger partial charge in [-0.15, -0.1) is 0 Å². The molecule has 1 rings (SSSR count). The van der Waals surface area contributed by atoms with Crippen LogP contribution in [0.1, 0.15) is 33.3 Å². The molecule has 0 amide bonds. The predicted molar refractivity (Wildman–Crippen MR) is 64.0 cm³/mol. The Labute approximate surface area is 96.8 Å². The minimum absolute atomic E-state index is 0.146. The molecule has 1 aromatic heterocycles. The first kappa shape index (κ1) is 12.9. The molecule has 0 bridgehead atoms. The van der Waals surface area contributed by atoms with Crippen molar-refractivity contribution in [3.63, 3.8) is 0 Å². The van der Waals surface area contributed by atoms with Crippen molar-refractivity contribution < 1.29 is 4.79 Å². The smallest absolute Gasteiger partial charge is 0.144 e. The second-order valence-electron chi connectivity index (χ2n) is 5.47. The molecule has 0 spiro atoms. The normalized spacial score (nSPS) is 12.9. The molecule has 0 aliphatic heterocycles. The zero-order valence-corrected chi connectivity index (χ0v) is 10.7. The predicted octanol–water partition coefficient (Wildman–Crippen LogP) is 1.30. The molecule has 0 saturated heterocycles. The van der Waals surface area contributed by atoms with E-state index in [0.717, 1.165) is 5.56 Å². The maximum Gasteiger partial charge on any atom is 0.144 e. The largest absolute Gasteiger partial charge is 0.325 e. The summed E-state index contributed by atoms with van der Waals surface area (Å²) in [6, 6.07) is 0. The molecule has 4 heteroatoms. The van der Waals surface area contributed by atoms with E-state index in [2.05, 4.69) is 5.10 Å². The van der Waals surface area contributed by atoms with Crippen LogP contribution in [0.25, 0.3) is 0 Å². The van der Waals surface area contributed by atoms with Gasteiger partial charge < -0.3 is 5.73 Å². The van der Waals surface area contributed by atoms with Crippen LogP contribution in [0.5, 0.6) is 0 Å². The molecule has 0 saturated carbocycles. The maximum atomic E-state index is 12.2. The van der Waals surface area contributed by atoms with Crippen molar-refractivity contribution in [3.8, 4) is 0 Å². The van der Waals surface area contributed by atoms with Gasteiger partial charge in [0.15, 0.2) is 0 Å². The molecule has 1 heterocycles. The minimum Gasteiger partial charge on any atom is -0.325 e. The number of hydrogen-bond acceptors (Lipinski definition) is 3. The molecule has 0 fully saturated rings.